The number of nitrogens with one attached hydrogen (secondary N) is 2. The SMILES string of the molecule is COC1=C(C(=O)OCc2ccc([N+](=O)[O-])cc2)N2C(=O)C(NC(=O)/C=N\OCC(=O)OC(C)(C)Cc3nc(NC=O)sc3Cl)[C@H]2SC1. The van der Waals surface area contributed by atoms with E-state index < -0.39 is 52.3 Å². The van der Waals surface area contributed by atoms with Crippen molar-refractivity contribution in [3.63, 3.8) is 0 Å². The first-order valence-electron chi connectivity index (χ1n) is 13.5. The molecule has 47 heavy (non-hydrogen) atoms. The number of rotatable bonds is 15. The van der Waals surface area contributed by atoms with Gasteiger partial charge in [0.2, 0.25) is 13.0 Å². The van der Waals surface area contributed by atoms with Crippen LogP contribution < -0.4 is 10.6 Å². The lowest BCUT2D eigenvalue weighted by Gasteiger charge is -2.49. The third-order valence-corrected chi connectivity index (χ3v) is 8.95. The Morgan fingerprint density at radius 1 is 1.28 bits per heavy atom. The number of aromatic nitrogens is 1. The summed E-state index contributed by atoms with van der Waals surface area (Å²) < 4.78 is 16.4. The van der Waals surface area contributed by atoms with Crippen LogP contribution in [0.1, 0.15) is 25.1 Å². The van der Waals surface area contributed by atoms with Crippen molar-refractivity contribution in [1.82, 2.24) is 15.2 Å². The molecule has 1 aromatic carbocycles. The fraction of sp³-hybridized carbons (Fsp3) is 0.370. The number of β-lactam (4-membered cyclic amide) rings is 1. The van der Waals surface area contributed by atoms with Gasteiger partial charge in [-0.1, -0.05) is 28.1 Å². The average Bonchev–Trinajstić information content (AvgIpc) is 3.36. The summed E-state index contributed by atoms with van der Waals surface area (Å²) in [6, 6.07) is 4.44. The van der Waals surface area contributed by atoms with Crippen molar-refractivity contribution >= 4 is 81.9 Å². The summed E-state index contributed by atoms with van der Waals surface area (Å²) in [4.78, 5) is 81.8. The molecule has 2 aliphatic rings. The number of nitro groups is 1. The number of hydrogen-bond donors (Lipinski definition) is 2. The first-order chi connectivity index (χ1) is 22.3. The molecule has 250 valence electrons. The molecular weight excluding hydrogens is 684 g/mol. The van der Waals surface area contributed by atoms with Gasteiger partial charge in [0.05, 0.1) is 23.5 Å². The Labute approximate surface area is 279 Å². The van der Waals surface area contributed by atoms with Gasteiger partial charge in [-0.2, -0.15) is 0 Å². The number of thioether (sulfide) groups is 1. The van der Waals surface area contributed by atoms with Crippen molar-refractivity contribution in [2.75, 3.05) is 24.8 Å². The second-order valence-electron chi connectivity index (χ2n) is 10.3. The number of carbonyl (C=O) groups is 5. The number of thiazole rings is 1. The second-order valence-corrected chi connectivity index (χ2v) is 13.0. The Hall–Kier alpha value is -4.75. The standard InChI is InChI=1S/C27H27ClN6O11S2/c1-27(2,8-16-22(28)47-26(31-16)29-13-35)45-19(37)11-44-30-9-18(36)32-20-23(38)33-21(17(42-3)12-46-24(20)33)25(39)43-10-14-4-6-15(7-5-14)34(40)41/h4-7,9,13,20,24H,8,10-12H2,1-3H3,(H,32,36)(H,29,31,35)/b30-9-/t20?,24-/m1/s1. The van der Waals surface area contributed by atoms with Gasteiger partial charge in [0, 0.05) is 18.6 Å². The highest BCUT2D eigenvalue weighted by molar-refractivity contribution is 8.00. The number of benzene rings is 1. The number of methoxy groups -OCH3 is 1. The highest BCUT2D eigenvalue weighted by Gasteiger charge is 2.55. The van der Waals surface area contributed by atoms with Crippen LogP contribution in [0.3, 0.4) is 0 Å². The number of oxime groups is 1. The summed E-state index contributed by atoms with van der Waals surface area (Å²) in [7, 11) is 1.34. The predicted octanol–water partition coefficient (Wildman–Crippen LogP) is 2.14. The van der Waals surface area contributed by atoms with Gasteiger partial charge in [-0.3, -0.25) is 29.4 Å². The van der Waals surface area contributed by atoms with Crippen LogP contribution in [-0.2, 0) is 56.0 Å². The molecule has 1 fully saturated rings. The number of hydrogen-bond acceptors (Lipinski definition) is 15. The van der Waals surface area contributed by atoms with E-state index >= 15 is 0 Å². The first kappa shape index (κ1) is 35.1. The van der Waals surface area contributed by atoms with E-state index in [1.807, 2.05) is 0 Å². The number of fused-ring (bicyclic) bond motifs is 1. The van der Waals surface area contributed by atoms with E-state index in [1.54, 1.807) is 13.8 Å². The van der Waals surface area contributed by atoms with Crippen molar-refractivity contribution < 1.29 is 47.9 Å². The van der Waals surface area contributed by atoms with Gasteiger partial charge in [-0.05, 0) is 31.5 Å². The maximum Gasteiger partial charge on any atom is 0.358 e. The van der Waals surface area contributed by atoms with Gasteiger partial charge in [-0.15, -0.1) is 11.8 Å². The van der Waals surface area contributed by atoms with E-state index in [1.165, 1.54) is 48.0 Å². The first-order valence-corrected chi connectivity index (χ1v) is 15.7. The second kappa shape index (κ2) is 15.2. The summed E-state index contributed by atoms with van der Waals surface area (Å²) in [6.07, 6.45) is 1.36. The van der Waals surface area contributed by atoms with Crippen molar-refractivity contribution in [3.05, 3.63) is 61.4 Å². The number of non-ortho nitro benzene ring substituents is 1. The molecule has 4 rings (SSSR count). The minimum Gasteiger partial charge on any atom is -0.498 e. The lowest BCUT2D eigenvalue weighted by atomic mass is 10.0. The molecule has 2 N–H and O–H groups in total. The van der Waals surface area contributed by atoms with E-state index in [2.05, 4.69) is 20.8 Å². The molecule has 2 aromatic rings. The molecular formula is C27H27ClN6O11S2. The Balaban J connectivity index is 1.24. The zero-order chi connectivity index (χ0) is 34.3. The Bertz CT molecular complexity index is 1630. The number of esters is 2. The molecule has 0 radical (unpaired) electrons. The Kier molecular flexibility index (Phi) is 11.4. The quantitative estimate of drug-likeness (QED) is 0.0677. The van der Waals surface area contributed by atoms with Crippen molar-refractivity contribution in [2.45, 2.75) is 43.9 Å². The molecule has 0 spiro atoms. The summed E-state index contributed by atoms with van der Waals surface area (Å²) in [5.74, 6) is -2.61. The third-order valence-electron chi connectivity index (χ3n) is 6.43. The average molecular weight is 711 g/mol. The number of anilines is 1. The minimum atomic E-state index is -1.04. The number of carbonyl (C=O) groups excluding carboxylic acids is 5. The fourth-order valence-corrected chi connectivity index (χ4v) is 6.67. The minimum absolute atomic E-state index is 0.109. The summed E-state index contributed by atoms with van der Waals surface area (Å²) >= 11 is 8.45. The van der Waals surface area contributed by atoms with Crippen molar-refractivity contribution in [3.8, 4) is 0 Å². The monoisotopic (exact) mass is 710 g/mol. The normalized spacial score (nSPS) is 17.4. The topological polar surface area (TPSA) is 218 Å². The van der Waals surface area contributed by atoms with Crippen LogP contribution in [0.15, 0.2) is 40.9 Å². The molecule has 20 heteroatoms. The fourth-order valence-electron chi connectivity index (χ4n) is 4.36. The van der Waals surface area contributed by atoms with E-state index in [0.29, 0.717) is 27.1 Å². The van der Waals surface area contributed by atoms with Gasteiger partial charge in [0.25, 0.3) is 17.5 Å². The van der Waals surface area contributed by atoms with Crippen LogP contribution in [0.2, 0.25) is 4.34 Å². The highest BCUT2D eigenvalue weighted by Crippen LogP contribution is 2.41. The predicted molar refractivity (Wildman–Crippen MR) is 167 cm³/mol. The van der Waals surface area contributed by atoms with Crippen molar-refractivity contribution in [1.29, 1.82) is 0 Å². The maximum absolute atomic E-state index is 13.0. The zero-order valence-electron chi connectivity index (χ0n) is 24.9. The molecule has 3 amide bonds. The molecule has 1 unspecified atom stereocenters. The van der Waals surface area contributed by atoms with Crippen LogP contribution in [0.4, 0.5) is 10.8 Å². The van der Waals surface area contributed by atoms with E-state index in [9.17, 15) is 34.1 Å². The lowest BCUT2D eigenvalue weighted by Crippen LogP contribution is -2.70. The molecule has 0 saturated carbocycles. The van der Waals surface area contributed by atoms with E-state index in [-0.39, 0.29) is 35.9 Å². The van der Waals surface area contributed by atoms with Gasteiger partial charge in [-0.25, -0.2) is 14.6 Å². The van der Waals surface area contributed by atoms with Crippen LogP contribution in [0.25, 0.3) is 0 Å². The summed E-state index contributed by atoms with van der Waals surface area (Å²) in [5.41, 5.74) is -0.349. The smallest absolute Gasteiger partial charge is 0.358 e. The third kappa shape index (κ3) is 8.74. The van der Waals surface area contributed by atoms with Crippen LogP contribution in [-0.4, -0.2) is 87.7 Å². The highest BCUT2D eigenvalue weighted by atomic mass is 35.5. The van der Waals surface area contributed by atoms with Gasteiger partial charge in [0.15, 0.2) is 10.8 Å². The zero-order valence-corrected chi connectivity index (χ0v) is 27.3. The van der Waals surface area contributed by atoms with Crippen LogP contribution >= 0.6 is 34.7 Å². The molecule has 3 heterocycles. The molecule has 2 aliphatic heterocycles. The van der Waals surface area contributed by atoms with Gasteiger partial charge < -0.3 is 29.7 Å². The van der Waals surface area contributed by atoms with Crippen LogP contribution in [0, 0.1) is 10.1 Å². The number of halogens is 1. The largest absolute Gasteiger partial charge is 0.498 e. The molecule has 0 aliphatic carbocycles. The van der Waals surface area contributed by atoms with Crippen molar-refractivity contribution in [2.24, 2.45) is 5.16 Å². The van der Waals surface area contributed by atoms with Gasteiger partial charge in [0.1, 0.15) is 39.9 Å². The number of nitro benzene ring substituents is 1. The van der Waals surface area contributed by atoms with E-state index in [0.717, 1.165) is 17.6 Å². The molecule has 0 bridgehead atoms. The molecule has 17 nitrogen and oxygen atoms in total. The molecule has 1 aromatic heterocycles. The van der Waals surface area contributed by atoms with Gasteiger partial charge >= 0.3 is 11.9 Å². The summed E-state index contributed by atoms with van der Waals surface area (Å²) in [6.45, 7) is 2.42. The summed E-state index contributed by atoms with van der Waals surface area (Å²) in [5, 5.41) is 18.8. The van der Waals surface area contributed by atoms with Crippen LogP contribution in [0.5, 0.6) is 0 Å². The van der Waals surface area contributed by atoms with E-state index in [4.69, 9.17) is 30.6 Å². The number of amides is 3. The lowest BCUT2D eigenvalue weighted by molar-refractivity contribution is -0.384. The molecule has 2 atom stereocenters. The Morgan fingerprint density at radius 2 is 2.00 bits per heavy atom. The Morgan fingerprint density at radius 3 is 2.66 bits per heavy atom. The maximum atomic E-state index is 13.0. The number of nitrogens with zero attached hydrogens (tertiary/aromatic N) is 4. The molecule has 1 saturated heterocycles. The number of ether oxygens (including phenoxy) is 3.